The lowest BCUT2D eigenvalue weighted by molar-refractivity contribution is 0.150. The van der Waals surface area contributed by atoms with Crippen LogP contribution in [0.1, 0.15) is 43.2 Å². The van der Waals surface area contributed by atoms with Crippen LogP contribution in [0, 0.1) is 19.8 Å². The number of rotatable bonds is 7. The van der Waals surface area contributed by atoms with Gasteiger partial charge in [0, 0.05) is 50.9 Å². The van der Waals surface area contributed by atoms with E-state index in [1.165, 1.54) is 31.4 Å². The van der Waals surface area contributed by atoms with Crippen molar-refractivity contribution in [2.24, 2.45) is 10.9 Å². The number of hydrogen-bond acceptors (Lipinski definition) is 5. The highest BCUT2D eigenvalue weighted by Crippen LogP contribution is 2.18. The van der Waals surface area contributed by atoms with Crippen LogP contribution in [0.3, 0.4) is 0 Å². The van der Waals surface area contributed by atoms with Gasteiger partial charge in [-0.25, -0.2) is 0 Å². The number of nitrogens with one attached hydrogen (secondary N) is 2. The number of aryl methyl sites for hydroxylation is 2. The van der Waals surface area contributed by atoms with E-state index in [-0.39, 0.29) is 24.0 Å². The molecule has 0 amide bonds. The van der Waals surface area contributed by atoms with E-state index in [2.05, 4.69) is 27.6 Å². The van der Waals surface area contributed by atoms with Gasteiger partial charge < -0.3 is 24.8 Å². The molecule has 1 aromatic heterocycles. The van der Waals surface area contributed by atoms with Gasteiger partial charge in [0.1, 0.15) is 5.76 Å². The minimum Gasteiger partial charge on any atom is -0.381 e. The van der Waals surface area contributed by atoms with Crippen molar-refractivity contribution in [2.75, 3.05) is 45.9 Å². The molecule has 28 heavy (non-hydrogen) atoms. The Morgan fingerprint density at radius 2 is 2.04 bits per heavy atom. The molecule has 2 N–H and O–H groups in total. The van der Waals surface area contributed by atoms with Crippen molar-refractivity contribution in [3.05, 3.63) is 17.0 Å². The van der Waals surface area contributed by atoms with Crippen LogP contribution in [0.5, 0.6) is 0 Å². The first-order valence-electron chi connectivity index (χ1n) is 10.4. The highest BCUT2D eigenvalue weighted by atomic mass is 127. The quantitative estimate of drug-likeness (QED) is 0.337. The van der Waals surface area contributed by atoms with Crippen molar-refractivity contribution < 1.29 is 9.26 Å². The third-order valence-corrected chi connectivity index (χ3v) is 5.63. The standard InChI is InChI=1S/C20H35N5O2.HI/c1-4-21-20(22-9-5-19-15(2)24-27-16(19)3)23-18-6-10-25(11-7-18)13-17-8-12-26-14-17;/h17-18H,4-14H2,1-3H3,(H2,21,22,23);1H. The number of aromatic nitrogens is 1. The second kappa shape index (κ2) is 12.0. The Morgan fingerprint density at radius 1 is 1.25 bits per heavy atom. The van der Waals surface area contributed by atoms with E-state index in [9.17, 15) is 0 Å². The highest BCUT2D eigenvalue weighted by molar-refractivity contribution is 14.0. The zero-order valence-electron chi connectivity index (χ0n) is 17.5. The van der Waals surface area contributed by atoms with Gasteiger partial charge in [-0.05, 0) is 52.4 Å². The molecule has 1 aromatic rings. The minimum atomic E-state index is 0. The average molecular weight is 505 g/mol. The summed E-state index contributed by atoms with van der Waals surface area (Å²) >= 11 is 0. The first-order valence-corrected chi connectivity index (χ1v) is 10.4. The van der Waals surface area contributed by atoms with Crippen molar-refractivity contribution in [1.82, 2.24) is 20.7 Å². The summed E-state index contributed by atoms with van der Waals surface area (Å²) in [5.41, 5.74) is 2.15. The maximum absolute atomic E-state index is 5.51. The molecule has 0 saturated carbocycles. The zero-order valence-corrected chi connectivity index (χ0v) is 19.8. The molecule has 0 aliphatic carbocycles. The molecule has 160 valence electrons. The smallest absolute Gasteiger partial charge is 0.191 e. The third-order valence-electron chi connectivity index (χ3n) is 5.63. The molecule has 0 aromatic carbocycles. The lowest BCUT2D eigenvalue weighted by atomic mass is 10.0. The Kier molecular flexibility index (Phi) is 10.0. The molecule has 8 heteroatoms. The molecule has 3 rings (SSSR count). The number of guanidine groups is 1. The highest BCUT2D eigenvalue weighted by Gasteiger charge is 2.24. The topological polar surface area (TPSA) is 74.9 Å². The summed E-state index contributed by atoms with van der Waals surface area (Å²) in [6, 6.07) is 0.498. The normalized spacial score (nSPS) is 21.5. The Balaban J connectivity index is 0.00000280. The summed E-state index contributed by atoms with van der Waals surface area (Å²) in [7, 11) is 0. The second-order valence-corrected chi connectivity index (χ2v) is 7.76. The van der Waals surface area contributed by atoms with Gasteiger partial charge in [0.15, 0.2) is 5.96 Å². The molecule has 3 heterocycles. The summed E-state index contributed by atoms with van der Waals surface area (Å²) < 4.78 is 10.7. The predicted octanol–water partition coefficient (Wildman–Crippen LogP) is 2.51. The summed E-state index contributed by atoms with van der Waals surface area (Å²) in [4.78, 5) is 7.36. The van der Waals surface area contributed by atoms with Crippen molar-refractivity contribution in [2.45, 2.75) is 52.5 Å². The number of aliphatic imine (C=N–C) groups is 1. The fourth-order valence-corrected chi connectivity index (χ4v) is 4.00. The largest absolute Gasteiger partial charge is 0.381 e. The molecule has 2 saturated heterocycles. The molecule has 2 fully saturated rings. The first-order chi connectivity index (χ1) is 13.2. The summed E-state index contributed by atoms with van der Waals surface area (Å²) in [6.07, 6.45) is 4.42. The van der Waals surface area contributed by atoms with Crippen LogP contribution in [0.15, 0.2) is 9.52 Å². The fraction of sp³-hybridized carbons (Fsp3) is 0.800. The zero-order chi connectivity index (χ0) is 19.1. The summed E-state index contributed by atoms with van der Waals surface area (Å²) in [5.74, 6) is 2.56. The number of nitrogens with zero attached hydrogens (tertiary/aromatic N) is 3. The molecule has 7 nitrogen and oxygen atoms in total. The van der Waals surface area contributed by atoms with E-state index in [0.717, 1.165) is 69.1 Å². The maximum atomic E-state index is 5.51. The molecule has 0 radical (unpaired) electrons. The van der Waals surface area contributed by atoms with Gasteiger partial charge in [-0.1, -0.05) is 5.16 Å². The van der Waals surface area contributed by atoms with E-state index in [4.69, 9.17) is 14.3 Å². The average Bonchev–Trinajstić information content (AvgIpc) is 3.28. The van der Waals surface area contributed by atoms with Gasteiger partial charge in [0.05, 0.1) is 12.3 Å². The molecular formula is C20H36IN5O2. The van der Waals surface area contributed by atoms with Crippen molar-refractivity contribution in [3.63, 3.8) is 0 Å². The minimum absolute atomic E-state index is 0. The van der Waals surface area contributed by atoms with E-state index in [0.29, 0.717) is 6.04 Å². The monoisotopic (exact) mass is 505 g/mol. The van der Waals surface area contributed by atoms with Crippen molar-refractivity contribution in [1.29, 1.82) is 0 Å². The van der Waals surface area contributed by atoms with Crippen LogP contribution in [0.2, 0.25) is 0 Å². The number of halogens is 1. The van der Waals surface area contributed by atoms with Crippen LogP contribution < -0.4 is 10.6 Å². The number of piperidine rings is 1. The van der Waals surface area contributed by atoms with Gasteiger partial charge in [-0.3, -0.25) is 4.99 Å². The van der Waals surface area contributed by atoms with Crippen LogP contribution >= 0.6 is 24.0 Å². The van der Waals surface area contributed by atoms with Gasteiger partial charge in [-0.15, -0.1) is 24.0 Å². The van der Waals surface area contributed by atoms with Crippen LogP contribution in [-0.2, 0) is 11.2 Å². The van der Waals surface area contributed by atoms with Crippen LogP contribution in [0.25, 0.3) is 0 Å². The van der Waals surface area contributed by atoms with E-state index >= 15 is 0 Å². The summed E-state index contributed by atoms with van der Waals surface area (Å²) in [5, 5.41) is 11.0. The van der Waals surface area contributed by atoms with Gasteiger partial charge in [0.2, 0.25) is 0 Å². The summed E-state index contributed by atoms with van der Waals surface area (Å²) in [6.45, 7) is 13.1. The molecular weight excluding hydrogens is 469 g/mol. The first kappa shape index (κ1) is 23.4. The molecule has 2 aliphatic rings. The van der Waals surface area contributed by atoms with E-state index in [1.54, 1.807) is 0 Å². The van der Waals surface area contributed by atoms with E-state index in [1.807, 2.05) is 13.8 Å². The molecule has 1 unspecified atom stereocenters. The van der Waals surface area contributed by atoms with E-state index < -0.39 is 0 Å². The van der Waals surface area contributed by atoms with Gasteiger partial charge in [0.25, 0.3) is 0 Å². The van der Waals surface area contributed by atoms with Crippen LogP contribution in [0.4, 0.5) is 0 Å². The fourth-order valence-electron chi connectivity index (χ4n) is 4.00. The number of ether oxygens (including phenoxy) is 1. The van der Waals surface area contributed by atoms with Crippen molar-refractivity contribution in [3.8, 4) is 0 Å². The molecule has 1 atom stereocenters. The second-order valence-electron chi connectivity index (χ2n) is 7.76. The predicted molar refractivity (Wildman–Crippen MR) is 123 cm³/mol. The molecule has 2 aliphatic heterocycles. The lowest BCUT2D eigenvalue weighted by Gasteiger charge is -2.34. The number of hydrogen-bond donors (Lipinski definition) is 2. The maximum Gasteiger partial charge on any atom is 0.191 e. The Morgan fingerprint density at radius 3 is 2.64 bits per heavy atom. The molecule has 0 spiro atoms. The SMILES string of the molecule is CCNC(=NCCc1c(C)noc1C)NC1CCN(CC2CCOC2)CC1.I. The van der Waals surface area contributed by atoms with Crippen molar-refractivity contribution >= 4 is 29.9 Å². The third kappa shape index (κ3) is 6.88. The van der Waals surface area contributed by atoms with Gasteiger partial charge >= 0.3 is 0 Å². The van der Waals surface area contributed by atoms with Crippen LogP contribution in [-0.4, -0.2) is 68.0 Å². The number of likely N-dealkylation sites (tertiary alicyclic amines) is 1. The van der Waals surface area contributed by atoms with Gasteiger partial charge in [-0.2, -0.15) is 0 Å². The Bertz CT molecular complexity index is 588. The Hall–Kier alpha value is -0.870. The lowest BCUT2D eigenvalue weighted by Crippen LogP contribution is -2.49. The molecule has 0 bridgehead atoms. The Labute approximate surface area is 186 Å².